The zero-order chi connectivity index (χ0) is 10.1. The lowest BCUT2D eigenvalue weighted by atomic mass is 10.3. The number of carbonyl (C=O) groups is 1. The molecule has 0 radical (unpaired) electrons. The number of thiophene rings is 1. The van der Waals surface area contributed by atoms with Gasteiger partial charge in [0.25, 0.3) is 0 Å². The molecule has 0 atom stereocenters. The maximum Gasteiger partial charge on any atom is 0.340 e. The molecule has 1 aromatic heterocycles. The van der Waals surface area contributed by atoms with Crippen molar-refractivity contribution in [3.8, 4) is 0 Å². The van der Waals surface area contributed by atoms with Crippen molar-refractivity contribution in [2.75, 3.05) is 7.11 Å². The topological polar surface area (TPSA) is 80.7 Å². The van der Waals surface area contributed by atoms with E-state index in [1.54, 1.807) is 0 Å². The van der Waals surface area contributed by atoms with E-state index in [4.69, 9.17) is 4.55 Å². The Morgan fingerprint density at radius 3 is 2.69 bits per heavy atom. The molecule has 5 nitrogen and oxygen atoms in total. The van der Waals surface area contributed by atoms with E-state index in [-0.39, 0.29) is 9.77 Å². The summed E-state index contributed by atoms with van der Waals surface area (Å²) in [6, 6.07) is 1.28. The second kappa shape index (κ2) is 3.44. The molecule has 0 amide bonds. The molecule has 7 heteroatoms. The van der Waals surface area contributed by atoms with E-state index >= 15 is 0 Å². The van der Waals surface area contributed by atoms with Crippen molar-refractivity contribution < 1.29 is 22.5 Å². The van der Waals surface area contributed by atoms with Gasteiger partial charge in [-0.15, -0.1) is 11.3 Å². The SMILES string of the molecule is COC(=O)c1ccsc1S(=O)(=O)O. The molecule has 0 aromatic carbocycles. The van der Waals surface area contributed by atoms with E-state index in [9.17, 15) is 13.2 Å². The van der Waals surface area contributed by atoms with Crippen molar-refractivity contribution in [3.05, 3.63) is 17.0 Å². The molecule has 0 saturated heterocycles. The highest BCUT2D eigenvalue weighted by molar-refractivity contribution is 7.88. The molecule has 1 rings (SSSR count). The molecule has 0 saturated carbocycles. The Labute approximate surface area is 78.7 Å². The minimum atomic E-state index is -4.33. The summed E-state index contributed by atoms with van der Waals surface area (Å²) < 4.78 is 34.0. The highest BCUT2D eigenvalue weighted by atomic mass is 32.3. The molecule has 0 aliphatic rings. The van der Waals surface area contributed by atoms with Crippen LogP contribution >= 0.6 is 11.3 Å². The molecule has 13 heavy (non-hydrogen) atoms. The van der Waals surface area contributed by atoms with Crippen molar-refractivity contribution in [2.24, 2.45) is 0 Å². The average molecular weight is 222 g/mol. The third kappa shape index (κ3) is 2.06. The fourth-order valence-corrected chi connectivity index (χ4v) is 2.44. The Balaban J connectivity index is 3.26. The van der Waals surface area contributed by atoms with Gasteiger partial charge >= 0.3 is 16.1 Å². The summed E-state index contributed by atoms with van der Waals surface area (Å²) in [5, 5.41) is 1.38. The van der Waals surface area contributed by atoms with Crippen molar-refractivity contribution in [1.82, 2.24) is 0 Å². The number of carbonyl (C=O) groups excluding carboxylic acids is 1. The molecular formula is C6H6O5S2. The molecule has 0 bridgehead atoms. The zero-order valence-electron chi connectivity index (χ0n) is 6.55. The number of methoxy groups -OCH3 is 1. The Kier molecular flexibility index (Phi) is 2.69. The normalized spacial score (nSPS) is 11.2. The van der Waals surface area contributed by atoms with Crippen LogP contribution in [0.4, 0.5) is 0 Å². The first-order chi connectivity index (χ1) is 5.96. The fourth-order valence-electron chi connectivity index (χ4n) is 0.756. The van der Waals surface area contributed by atoms with Crippen LogP contribution in [0.1, 0.15) is 10.4 Å². The van der Waals surface area contributed by atoms with Gasteiger partial charge in [-0.2, -0.15) is 8.42 Å². The Hall–Kier alpha value is -0.920. The Bertz CT molecular complexity index is 416. The number of ether oxygens (including phenoxy) is 1. The monoisotopic (exact) mass is 222 g/mol. The van der Waals surface area contributed by atoms with Gasteiger partial charge in [0.15, 0.2) is 4.21 Å². The summed E-state index contributed by atoms with van der Waals surface area (Å²) in [4.78, 5) is 11.0. The average Bonchev–Trinajstić information content (AvgIpc) is 2.49. The second-order valence-corrected chi connectivity index (χ2v) is 4.62. The van der Waals surface area contributed by atoms with E-state index in [0.29, 0.717) is 0 Å². The van der Waals surface area contributed by atoms with Crippen LogP contribution in [0.3, 0.4) is 0 Å². The lowest BCUT2D eigenvalue weighted by Gasteiger charge is -1.97. The Morgan fingerprint density at radius 2 is 2.23 bits per heavy atom. The third-order valence-electron chi connectivity index (χ3n) is 1.27. The predicted molar refractivity (Wildman–Crippen MR) is 45.5 cm³/mol. The minimum Gasteiger partial charge on any atom is -0.465 e. The second-order valence-electron chi connectivity index (χ2n) is 2.09. The van der Waals surface area contributed by atoms with Crippen LogP contribution in [0, 0.1) is 0 Å². The van der Waals surface area contributed by atoms with Crippen LogP contribution in [0.2, 0.25) is 0 Å². The fraction of sp³-hybridized carbons (Fsp3) is 0.167. The molecule has 0 fully saturated rings. The summed E-state index contributed by atoms with van der Waals surface area (Å²) in [6.45, 7) is 0. The van der Waals surface area contributed by atoms with Gasteiger partial charge in [-0.05, 0) is 11.4 Å². The van der Waals surface area contributed by atoms with Gasteiger partial charge in [-0.3, -0.25) is 4.55 Å². The highest BCUT2D eigenvalue weighted by Gasteiger charge is 2.22. The summed E-state index contributed by atoms with van der Waals surface area (Å²) in [7, 11) is -3.19. The van der Waals surface area contributed by atoms with Crippen LogP contribution in [-0.2, 0) is 14.9 Å². The van der Waals surface area contributed by atoms with E-state index in [1.807, 2.05) is 0 Å². The third-order valence-corrected chi connectivity index (χ3v) is 3.58. The van der Waals surface area contributed by atoms with E-state index in [2.05, 4.69) is 4.74 Å². The molecule has 0 aliphatic heterocycles. The van der Waals surface area contributed by atoms with E-state index in [1.165, 1.54) is 11.4 Å². The van der Waals surface area contributed by atoms with E-state index in [0.717, 1.165) is 18.4 Å². The number of rotatable bonds is 2. The van der Waals surface area contributed by atoms with Gasteiger partial charge in [0.2, 0.25) is 0 Å². The molecule has 1 aromatic rings. The molecular weight excluding hydrogens is 216 g/mol. The summed E-state index contributed by atoms with van der Waals surface area (Å²) >= 11 is 0.761. The van der Waals surface area contributed by atoms with Crippen molar-refractivity contribution in [2.45, 2.75) is 4.21 Å². The molecule has 1 heterocycles. The van der Waals surface area contributed by atoms with Crippen LogP contribution < -0.4 is 0 Å². The lowest BCUT2D eigenvalue weighted by molar-refractivity contribution is 0.0597. The maximum absolute atomic E-state index is 11.0. The minimum absolute atomic E-state index is 0.144. The van der Waals surface area contributed by atoms with Crippen LogP contribution in [0.5, 0.6) is 0 Å². The highest BCUT2D eigenvalue weighted by Crippen LogP contribution is 2.22. The molecule has 0 spiro atoms. The Morgan fingerprint density at radius 1 is 1.62 bits per heavy atom. The first-order valence-electron chi connectivity index (χ1n) is 3.10. The zero-order valence-corrected chi connectivity index (χ0v) is 8.18. The maximum atomic E-state index is 11.0. The van der Waals surface area contributed by atoms with Gasteiger partial charge in [0.05, 0.1) is 12.7 Å². The summed E-state index contributed by atoms with van der Waals surface area (Å²) in [6.07, 6.45) is 0. The van der Waals surface area contributed by atoms with Gasteiger partial charge in [0, 0.05) is 0 Å². The van der Waals surface area contributed by atoms with Crippen molar-refractivity contribution >= 4 is 27.4 Å². The van der Waals surface area contributed by atoms with Gasteiger partial charge < -0.3 is 4.74 Å². The summed E-state index contributed by atoms with van der Waals surface area (Å²) in [5.74, 6) is -0.783. The van der Waals surface area contributed by atoms with Crippen LogP contribution in [0.25, 0.3) is 0 Å². The predicted octanol–water partition coefficient (Wildman–Crippen LogP) is 0.781. The first-order valence-corrected chi connectivity index (χ1v) is 5.42. The lowest BCUT2D eigenvalue weighted by Crippen LogP contribution is -2.06. The van der Waals surface area contributed by atoms with E-state index < -0.39 is 16.1 Å². The standard InChI is InChI=1S/C6H6O5S2/c1-11-5(7)4-2-3-12-6(4)13(8,9)10/h2-3H,1H3,(H,8,9,10). The summed E-state index contributed by atoms with van der Waals surface area (Å²) in [5.41, 5.74) is -0.144. The molecule has 0 unspecified atom stereocenters. The van der Waals surface area contributed by atoms with Gasteiger partial charge in [-0.25, -0.2) is 4.79 Å². The number of hydrogen-bond donors (Lipinski definition) is 1. The van der Waals surface area contributed by atoms with Gasteiger partial charge in [0.1, 0.15) is 0 Å². The number of hydrogen-bond acceptors (Lipinski definition) is 5. The molecule has 0 aliphatic carbocycles. The van der Waals surface area contributed by atoms with Gasteiger partial charge in [-0.1, -0.05) is 0 Å². The van der Waals surface area contributed by atoms with Crippen LogP contribution in [0.15, 0.2) is 15.7 Å². The van der Waals surface area contributed by atoms with Crippen LogP contribution in [-0.4, -0.2) is 26.0 Å². The molecule has 1 N–H and O–H groups in total. The van der Waals surface area contributed by atoms with Crippen molar-refractivity contribution in [1.29, 1.82) is 0 Å². The smallest absolute Gasteiger partial charge is 0.340 e. The first kappa shape index (κ1) is 10.2. The largest absolute Gasteiger partial charge is 0.465 e. The number of esters is 1. The molecule has 72 valence electrons. The quantitative estimate of drug-likeness (QED) is 0.590. The van der Waals surface area contributed by atoms with Crippen molar-refractivity contribution in [3.63, 3.8) is 0 Å².